The number of nitrogens with one attached hydrogen (secondary N) is 1. The van der Waals surface area contributed by atoms with Crippen LogP contribution in [0.2, 0.25) is 0 Å². The average molecular weight is 592 g/mol. The summed E-state index contributed by atoms with van der Waals surface area (Å²) in [7, 11) is 1.00. The number of thiophene rings is 1. The van der Waals surface area contributed by atoms with Gasteiger partial charge in [-0.2, -0.15) is 0 Å². The quantitative estimate of drug-likeness (QED) is 0.110. The van der Waals surface area contributed by atoms with Crippen LogP contribution in [0.4, 0.5) is 11.4 Å². The van der Waals surface area contributed by atoms with Crippen molar-refractivity contribution in [3.8, 4) is 16.2 Å². The van der Waals surface area contributed by atoms with Crippen LogP contribution < -0.4 is 32.4 Å². The summed E-state index contributed by atoms with van der Waals surface area (Å²) in [6.07, 6.45) is 2.18. The van der Waals surface area contributed by atoms with Gasteiger partial charge < -0.3 is 31.7 Å². The Morgan fingerprint density at radius 3 is 2.43 bits per heavy atom. The Balaban J connectivity index is 0.00000235. The van der Waals surface area contributed by atoms with E-state index in [9.17, 15) is 14.4 Å². The zero-order valence-corrected chi connectivity index (χ0v) is 22.1. The molecule has 1 heterocycles. The first-order valence-corrected chi connectivity index (χ1v) is 12.1. The molecule has 0 radical (unpaired) electrons. The number of halogens is 1. The number of aliphatic carboxylic acids is 1. The molecule has 1 amide bonds. The molecular weight excluding hydrogens is 566 g/mol. The summed E-state index contributed by atoms with van der Waals surface area (Å²) in [5.74, 6) is 4.56. The Bertz CT molecular complexity index is 1280. The molecule has 11 nitrogen and oxygen atoms in total. The van der Waals surface area contributed by atoms with E-state index in [1.807, 2.05) is 24.3 Å². The number of aldehydes is 1. The largest absolute Gasteiger partial charge is 0.479 e. The van der Waals surface area contributed by atoms with Crippen molar-refractivity contribution in [3.05, 3.63) is 75.3 Å². The van der Waals surface area contributed by atoms with Crippen molar-refractivity contribution in [2.24, 2.45) is 17.3 Å². The minimum atomic E-state index is -1.14. The number of nitrogens with zero attached hydrogens (tertiary/aromatic N) is 1. The Kier molecular flexibility index (Phi) is 11.1. The molecule has 1 aromatic heterocycles. The fourth-order valence-electron chi connectivity index (χ4n) is 3.02. The number of benzene rings is 2. The van der Waals surface area contributed by atoms with Crippen molar-refractivity contribution in [2.75, 3.05) is 30.6 Å². The van der Waals surface area contributed by atoms with Gasteiger partial charge in [0.25, 0.3) is 0 Å². The van der Waals surface area contributed by atoms with Gasteiger partial charge in [0.15, 0.2) is 18.6 Å². The minimum Gasteiger partial charge on any atom is -0.479 e. The molecule has 3 rings (SSSR count). The number of hydrazine groups is 1. The van der Waals surface area contributed by atoms with Gasteiger partial charge in [0, 0.05) is 30.3 Å². The zero-order chi connectivity index (χ0) is 27.5. The van der Waals surface area contributed by atoms with E-state index in [0.29, 0.717) is 32.6 Å². The van der Waals surface area contributed by atoms with Gasteiger partial charge in [0.2, 0.25) is 5.91 Å². The summed E-state index contributed by atoms with van der Waals surface area (Å²) in [4.78, 5) is 34.5. The number of aliphatic hydroxyl groups is 1. The van der Waals surface area contributed by atoms with Crippen LogP contribution in [0.1, 0.15) is 20.0 Å². The number of carbonyl (C=O) groups excluding carboxylic acids is 2. The molecule has 196 valence electrons. The average Bonchev–Trinajstić information content (AvgIpc) is 3.22. The van der Waals surface area contributed by atoms with E-state index < -0.39 is 18.5 Å². The topological polar surface area (TPSA) is 194 Å². The summed E-state index contributed by atoms with van der Waals surface area (Å²) >= 11 is 4.60. The van der Waals surface area contributed by atoms with Gasteiger partial charge in [0.1, 0.15) is 4.88 Å². The van der Waals surface area contributed by atoms with Crippen molar-refractivity contribution in [1.29, 1.82) is 0 Å². The molecule has 0 spiro atoms. The first-order valence-electron chi connectivity index (χ1n) is 10.5. The van der Waals surface area contributed by atoms with Crippen LogP contribution in [0.25, 0.3) is 10.4 Å². The fraction of sp³-hybridized carbons (Fsp3) is 0.125. The molecule has 0 fully saturated rings. The molecule has 0 saturated heterocycles. The van der Waals surface area contributed by atoms with Crippen molar-refractivity contribution in [2.45, 2.75) is 0 Å². The van der Waals surface area contributed by atoms with Crippen molar-refractivity contribution >= 4 is 56.8 Å². The second-order valence-corrected chi connectivity index (χ2v) is 9.04. The molecule has 0 unspecified atom stereocenters. The molecule has 0 aliphatic carbocycles. The molecule has 2 aromatic carbocycles. The Morgan fingerprint density at radius 1 is 1.16 bits per heavy atom. The molecule has 0 aliphatic rings. The van der Waals surface area contributed by atoms with E-state index in [4.69, 9.17) is 32.3 Å². The molecule has 13 heteroatoms. The van der Waals surface area contributed by atoms with Gasteiger partial charge in [0.05, 0.1) is 21.6 Å². The predicted molar refractivity (Wildman–Crippen MR) is 147 cm³/mol. The summed E-state index contributed by atoms with van der Waals surface area (Å²) in [6.45, 7) is -0.273. The number of carbonyl (C=O) groups is 3. The van der Waals surface area contributed by atoms with E-state index >= 15 is 0 Å². The summed E-state index contributed by atoms with van der Waals surface area (Å²) in [5, 5.41) is 20.4. The first kappa shape index (κ1) is 29.3. The fourth-order valence-corrected chi connectivity index (χ4v) is 4.90. The van der Waals surface area contributed by atoms with E-state index in [2.05, 4.69) is 21.2 Å². The second kappa shape index (κ2) is 14.0. The molecule has 0 aliphatic heterocycles. The number of anilines is 2. The summed E-state index contributed by atoms with van der Waals surface area (Å²) in [6, 6.07) is 13.9. The highest BCUT2D eigenvalue weighted by atomic mass is 79.9. The van der Waals surface area contributed by atoms with Crippen LogP contribution in [0, 0.1) is 0 Å². The lowest BCUT2D eigenvalue weighted by Crippen LogP contribution is -2.27. The normalized spacial score (nSPS) is 10.6. The smallest absolute Gasteiger partial charge is 0.341 e. The molecule has 3 aromatic rings. The van der Waals surface area contributed by atoms with E-state index in [-0.39, 0.29) is 17.2 Å². The third-order valence-corrected chi connectivity index (χ3v) is 6.82. The monoisotopic (exact) mass is 591 g/mol. The number of primary amides is 1. The number of aliphatic hydroxyl groups excluding tert-OH is 1. The maximum atomic E-state index is 11.4. The van der Waals surface area contributed by atoms with Crippen LogP contribution in [0.3, 0.4) is 0 Å². The lowest BCUT2D eigenvalue weighted by Gasteiger charge is -2.16. The number of hydrogen-bond acceptors (Lipinski definition) is 10. The molecule has 0 bridgehead atoms. The third-order valence-electron chi connectivity index (χ3n) is 4.66. The van der Waals surface area contributed by atoms with E-state index in [1.54, 1.807) is 30.5 Å². The van der Waals surface area contributed by atoms with Crippen molar-refractivity contribution in [3.63, 3.8) is 0 Å². The molecule has 9 N–H and O–H groups in total. The van der Waals surface area contributed by atoms with Gasteiger partial charge in [-0.3, -0.25) is 14.6 Å². The first-order chi connectivity index (χ1) is 17.7. The summed E-state index contributed by atoms with van der Waals surface area (Å²) in [5.41, 5.74) is 14.3. The van der Waals surface area contributed by atoms with Gasteiger partial charge in [-0.15, -0.1) is 11.3 Å². The van der Waals surface area contributed by atoms with Gasteiger partial charge in [-0.25, -0.2) is 10.6 Å². The van der Waals surface area contributed by atoms with Crippen LogP contribution in [0.5, 0.6) is 5.75 Å². The Morgan fingerprint density at radius 2 is 1.84 bits per heavy atom. The standard InChI is InChI=1S/C23H22BrN5O5S.CH4O/c24-20-21(34-12-19(31)32)18(11-30)35-22(20)14-2-1-3-16(8-14)28-9-15(25)10-29(27)17-6-4-13(5-7-17)23(26)33;1-2/h1-8,10-11,28H,9,12,25,27H2,(H2,26,33)(H,31,32);2H,1H3/b15-10-;. The van der Waals surface area contributed by atoms with Crippen molar-refractivity contribution in [1.82, 2.24) is 0 Å². The number of ether oxygens (including phenoxy) is 1. The lowest BCUT2D eigenvalue weighted by atomic mass is 10.1. The second-order valence-electron chi connectivity index (χ2n) is 7.20. The van der Waals surface area contributed by atoms with Gasteiger partial charge in [-0.1, -0.05) is 12.1 Å². The maximum Gasteiger partial charge on any atom is 0.341 e. The van der Waals surface area contributed by atoms with Gasteiger partial charge in [-0.05, 0) is 57.9 Å². The molecule has 0 saturated carbocycles. The minimum absolute atomic E-state index is 0.194. The third kappa shape index (κ3) is 8.05. The molecule has 0 atom stereocenters. The van der Waals surface area contributed by atoms with Gasteiger partial charge >= 0.3 is 5.97 Å². The highest BCUT2D eigenvalue weighted by Gasteiger charge is 2.20. The number of nitrogens with two attached hydrogens (primary N) is 3. The summed E-state index contributed by atoms with van der Waals surface area (Å²) < 4.78 is 5.78. The lowest BCUT2D eigenvalue weighted by molar-refractivity contribution is -0.139. The highest BCUT2D eigenvalue weighted by molar-refractivity contribution is 9.10. The SMILES string of the molecule is CO.NC(=O)c1ccc(N(N)/C=C(\N)CNc2cccc(-c3sc(C=O)c(OCC(=O)O)c3Br)c2)cc1. The van der Waals surface area contributed by atoms with Crippen molar-refractivity contribution < 1.29 is 29.3 Å². The van der Waals surface area contributed by atoms with E-state index in [1.165, 1.54) is 16.3 Å². The number of carboxylic acids is 1. The number of hydrogen-bond donors (Lipinski definition) is 6. The number of amides is 1. The highest BCUT2D eigenvalue weighted by Crippen LogP contribution is 2.45. The Hall–Kier alpha value is -3.91. The van der Waals surface area contributed by atoms with Crippen LogP contribution in [0.15, 0.2) is 64.9 Å². The van der Waals surface area contributed by atoms with Crippen LogP contribution in [-0.2, 0) is 4.79 Å². The van der Waals surface area contributed by atoms with E-state index in [0.717, 1.165) is 18.4 Å². The Labute approximate surface area is 225 Å². The molecule has 37 heavy (non-hydrogen) atoms. The maximum absolute atomic E-state index is 11.4. The van der Waals surface area contributed by atoms with Crippen LogP contribution >= 0.6 is 27.3 Å². The van der Waals surface area contributed by atoms with Crippen LogP contribution in [-0.4, -0.2) is 48.6 Å². The zero-order valence-electron chi connectivity index (χ0n) is 19.7. The number of rotatable bonds is 11. The molecular formula is C24H26BrN5O6S. The predicted octanol–water partition coefficient (Wildman–Crippen LogP) is 2.75. The number of carboxylic acid groups (broad SMARTS) is 1.